The summed E-state index contributed by atoms with van der Waals surface area (Å²) in [6.07, 6.45) is 3.61. The highest BCUT2D eigenvalue weighted by Gasteiger charge is 2.24. The standard InChI is InChI=1S/C19H23N5O3/c1-4-27-19(25)14-6-8-24-16(15-5-7-20-22(15)3)11-17(21-18(14)24)23-9-10-26-12-13(23)2/h5-8,11,13H,4,9-10,12H2,1-3H3/t13-/m1/s1. The van der Waals surface area contributed by atoms with E-state index in [4.69, 9.17) is 14.5 Å². The SMILES string of the molecule is CCOC(=O)c1ccn2c(-c3ccnn3C)cc(N3CCOC[C@H]3C)nc12. The minimum atomic E-state index is -0.365. The Balaban J connectivity index is 1.92. The summed E-state index contributed by atoms with van der Waals surface area (Å²) in [6.45, 7) is 6.30. The van der Waals surface area contributed by atoms with Crippen molar-refractivity contribution >= 4 is 17.4 Å². The summed E-state index contributed by atoms with van der Waals surface area (Å²) in [6, 6.07) is 5.95. The summed E-state index contributed by atoms with van der Waals surface area (Å²) in [7, 11) is 1.90. The number of hydrogen-bond acceptors (Lipinski definition) is 6. The van der Waals surface area contributed by atoms with E-state index < -0.39 is 0 Å². The number of nitrogens with zero attached hydrogens (tertiary/aromatic N) is 5. The number of esters is 1. The molecule has 3 aromatic rings. The van der Waals surface area contributed by atoms with E-state index in [-0.39, 0.29) is 12.0 Å². The van der Waals surface area contributed by atoms with Crippen LogP contribution in [0, 0.1) is 0 Å². The molecule has 0 aromatic carbocycles. The van der Waals surface area contributed by atoms with E-state index in [1.54, 1.807) is 19.2 Å². The summed E-state index contributed by atoms with van der Waals surface area (Å²) in [4.78, 5) is 19.4. The second-order valence-electron chi connectivity index (χ2n) is 6.60. The lowest BCUT2D eigenvalue weighted by Gasteiger charge is -2.34. The first-order chi connectivity index (χ1) is 13.1. The van der Waals surface area contributed by atoms with Crippen LogP contribution in [0.4, 0.5) is 5.82 Å². The third kappa shape index (κ3) is 3.06. The molecular weight excluding hydrogens is 346 g/mol. The number of fused-ring (bicyclic) bond motifs is 1. The molecule has 8 heteroatoms. The van der Waals surface area contributed by atoms with Crippen LogP contribution in [0.1, 0.15) is 24.2 Å². The molecule has 1 saturated heterocycles. The number of hydrogen-bond donors (Lipinski definition) is 0. The van der Waals surface area contributed by atoms with Crippen molar-refractivity contribution in [2.75, 3.05) is 31.3 Å². The zero-order chi connectivity index (χ0) is 19.0. The van der Waals surface area contributed by atoms with Crippen LogP contribution in [0.2, 0.25) is 0 Å². The van der Waals surface area contributed by atoms with Gasteiger partial charge in [0.15, 0.2) is 5.65 Å². The van der Waals surface area contributed by atoms with Crippen molar-refractivity contribution in [1.82, 2.24) is 19.2 Å². The molecule has 1 fully saturated rings. The Bertz CT molecular complexity index is 977. The molecule has 1 aliphatic rings. The molecule has 0 saturated carbocycles. The number of aryl methyl sites for hydroxylation is 1. The molecule has 1 aliphatic heterocycles. The van der Waals surface area contributed by atoms with Crippen molar-refractivity contribution in [3.63, 3.8) is 0 Å². The first-order valence-corrected chi connectivity index (χ1v) is 9.12. The average molecular weight is 369 g/mol. The molecule has 27 heavy (non-hydrogen) atoms. The van der Waals surface area contributed by atoms with Crippen LogP contribution in [-0.4, -0.2) is 57.5 Å². The Morgan fingerprint density at radius 2 is 2.22 bits per heavy atom. The quantitative estimate of drug-likeness (QED) is 0.656. The van der Waals surface area contributed by atoms with Gasteiger partial charge in [-0.2, -0.15) is 5.10 Å². The summed E-state index contributed by atoms with van der Waals surface area (Å²) < 4.78 is 14.5. The lowest BCUT2D eigenvalue weighted by atomic mass is 10.2. The fraction of sp³-hybridized carbons (Fsp3) is 0.421. The number of morpholine rings is 1. The van der Waals surface area contributed by atoms with E-state index >= 15 is 0 Å². The zero-order valence-electron chi connectivity index (χ0n) is 15.8. The third-order valence-electron chi connectivity index (χ3n) is 4.85. The molecular formula is C19H23N5O3. The molecule has 4 rings (SSSR count). The zero-order valence-corrected chi connectivity index (χ0v) is 15.8. The summed E-state index contributed by atoms with van der Waals surface area (Å²) >= 11 is 0. The van der Waals surface area contributed by atoms with Crippen molar-refractivity contribution in [2.45, 2.75) is 19.9 Å². The highest BCUT2D eigenvalue weighted by molar-refractivity contribution is 5.97. The highest BCUT2D eigenvalue weighted by Crippen LogP contribution is 2.28. The van der Waals surface area contributed by atoms with E-state index in [2.05, 4.69) is 16.9 Å². The molecule has 142 valence electrons. The van der Waals surface area contributed by atoms with Crippen LogP contribution >= 0.6 is 0 Å². The van der Waals surface area contributed by atoms with E-state index in [0.717, 1.165) is 23.8 Å². The van der Waals surface area contributed by atoms with E-state index in [0.29, 0.717) is 31.0 Å². The minimum Gasteiger partial charge on any atom is -0.462 e. The lowest BCUT2D eigenvalue weighted by molar-refractivity contribution is 0.0528. The van der Waals surface area contributed by atoms with E-state index in [9.17, 15) is 4.79 Å². The van der Waals surface area contributed by atoms with Gasteiger partial charge in [0.05, 0.1) is 37.3 Å². The van der Waals surface area contributed by atoms with Gasteiger partial charge in [-0.1, -0.05) is 0 Å². The number of carbonyl (C=O) groups is 1. The molecule has 0 N–H and O–H groups in total. The Morgan fingerprint density at radius 1 is 1.37 bits per heavy atom. The number of anilines is 1. The van der Waals surface area contributed by atoms with Crippen molar-refractivity contribution in [3.8, 4) is 11.4 Å². The fourth-order valence-electron chi connectivity index (χ4n) is 3.47. The second kappa shape index (κ2) is 7.03. The van der Waals surface area contributed by atoms with Crippen LogP contribution in [0.15, 0.2) is 30.6 Å². The van der Waals surface area contributed by atoms with Gasteiger partial charge < -0.3 is 14.4 Å². The molecule has 0 bridgehead atoms. The van der Waals surface area contributed by atoms with Gasteiger partial charge in [0.1, 0.15) is 11.4 Å². The summed E-state index contributed by atoms with van der Waals surface area (Å²) in [5, 5.41) is 4.29. The topological polar surface area (TPSA) is 73.9 Å². The maximum Gasteiger partial charge on any atom is 0.341 e. The number of ether oxygens (including phenoxy) is 2. The second-order valence-corrected chi connectivity index (χ2v) is 6.60. The van der Waals surface area contributed by atoms with Crippen LogP contribution in [0.25, 0.3) is 17.0 Å². The molecule has 0 radical (unpaired) electrons. The predicted octanol–water partition coefficient (Wildman–Crippen LogP) is 2.14. The van der Waals surface area contributed by atoms with Crippen LogP contribution in [0.5, 0.6) is 0 Å². The van der Waals surface area contributed by atoms with Gasteiger partial charge in [-0.05, 0) is 26.0 Å². The molecule has 0 spiro atoms. The average Bonchev–Trinajstić information content (AvgIpc) is 3.27. The van der Waals surface area contributed by atoms with Crippen molar-refractivity contribution < 1.29 is 14.3 Å². The smallest absolute Gasteiger partial charge is 0.341 e. The summed E-state index contributed by atoms with van der Waals surface area (Å²) in [5.74, 6) is 0.453. The van der Waals surface area contributed by atoms with Gasteiger partial charge in [0, 0.05) is 32.1 Å². The molecule has 0 unspecified atom stereocenters. The molecule has 1 atom stereocenters. The third-order valence-corrected chi connectivity index (χ3v) is 4.85. The normalized spacial score (nSPS) is 17.4. The van der Waals surface area contributed by atoms with Gasteiger partial charge in [-0.15, -0.1) is 0 Å². The van der Waals surface area contributed by atoms with Crippen LogP contribution in [-0.2, 0) is 16.5 Å². The largest absolute Gasteiger partial charge is 0.462 e. The van der Waals surface area contributed by atoms with Crippen molar-refractivity contribution in [2.24, 2.45) is 7.05 Å². The van der Waals surface area contributed by atoms with Crippen LogP contribution < -0.4 is 4.90 Å². The maximum absolute atomic E-state index is 12.4. The molecule has 0 amide bonds. The first kappa shape index (κ1) is 17.5. The maximum atomic E-state index is 12.4. The highest BCUT2D eigenvalue weighted by atomic mass is 16.5. The van der Waals surface area contributed by atoms with Gasteiger partial charge in [-0.25, -0.2) is 9.78 Å². The van der Waals surface area contributed by atoms with Crippen molar-refractivity contribution in [3.05, 3.63) is 36.2 Å². The Morgan fingerprint density at radius 3 is 2.93 bits per heavy atom. The molecule has 8 nitrogen and oxygen atoms in total. The number of rotatable bonds is 4. The lowest BCUT2D eigenvalue weighted by Crippen LogP contribution is -2.44. The Kier molecular flexibility index (Phi) is 4.57. The van der Waals surface area contributed by atoms with E-state index in [1.807, 2.05) is 34.5 Å². The first-order valence-electron chi connectivity index (χ1n) is 9.12. The van der Waals surface area contributed by atoms with Gasteiger partial charge in [0.2, 0.25) is 0 Å². The van der Waals surface area contributed by atoms with Crippen LogP contribution in [0.3, 0.4) is 0 Å². The molecule has 4 heterocycles. The minimum absolute atomic E-state index is 0.203. The number of aromatic nitrogens is 4. The van der Waals surface area contributed by atoms with Gasteiger partial charge in [-0.3, -0.25) is 9.08 Å². The predicted molar refractivity (Wildman–Crippen MR) is 101 cm³/mol. The fourth-order valence-corrected chi connectivity index (χ4v) is 3.47. The van der Waals surface area contributed by atoms with Gasteiger partial charge in [0.25, 0.3) is 0 Å². The van der Waals surface area contributed by atoms with Crippen molar-refractivity contribution in [1.29, 1.82) is 0 Å². The Labute approximate surface area is 157 Å². The molecule has 3 aromatic heterocycles. The molecule has 0 aliphatic carbocycles. The summed E-state index contributed by atoms with van der Waals surface area (Å²) in [5.41, 5.74) is 2.91. The monoisotopic (exact) mass is 369 g/mol. The Hall–Kier alpha value is -2.87. The van der Waals surface area contributed by atoms with E-state index in [1.165, 1.54) is 0 Å². The van der Waals surface area contributed by atoms with Gasteiger partial charge >= 0.3 is 5.97 Å². The number of carbonyl (C=O) groups excluding carboxylic acids is 1.